The second-order valence-corrected chi connectivity index (χ2v) is 5.78. The van der Waals surface area contributed by atoms with Crippen molar-refractivity contribution in [2.75, 3.05) is 32.6 Å². The molecule has 0 saturated heterocycles. The average Bonchev–Trinajstić information content (AvgIpc) is 2.98. The summed E-state index contributed by atoms with van der Waals surface area (Å²) in [6.07, 6.45) is 1.41. The molecule has 0 aliphatic heterocycles. The van der Waals surface area contributed by atoms with Crippen LogP contribution in [0.25, 0.3) is 0 Å². The second kappa shape index (κ2) is 7.68. The van der Waals surface area contributed by atoms with Crippen LogP contribution < -0.4 is 4.90 Å². The van der Waals surface area contributed by atoms with Crippen molar-refractivity contribution < 1.29 is 18.7 Å². The first-order valence-electron chi connectivity index (χ1n) is 7.60. The molecule has 1 amide bonds. The van der Waals surface area contributed by atoms with Crippen LogP contribution in [-0.2, 0) is 16.1 Å². The van der Waals surface area contributed by atoms with Crippen molar-refractivity contribution >= 4 is 17.6 Å². The first-order valence-corrected chi connectivity index (χ1v) is 7.60. The van der Waals surface area contributed by atoms with E-state index in [1.807, 2.05) is 43.3 Å². The van der Waals surface area contributed by atoms with Crippen molar-refractivity contribution in [2.24, 2.45) is 0 Å². The number of carbonyl (C=O) groups is 2. The predicted octanol–water partition coefficient (Wildman–Crippen LogP) is 2.47. The van der Waals surface area contributed by atoms with Gasteiger partial charge in [0.25, 0.3) is 5.91 Å². The Morgan fingerprint density at radius 2 is 1.75 bits per heavy atom. The van der Waals surface area contributed by atoms with Gasteiger partial charge in [-0.3, -0.25) is 4.79 Å². The number of ether oxygens (including phenoxy) is 1. The van der Waals surface area contributed by atoms with E-state index in [9.17, 15) is 9.59 Å². The number of nitrogens with zero attached hydrogens (tertiary/aromatic N) is 2. The van der Waals surface area contributed by atoms with E-state index in [-0.39, 0.29) is 12.5 Å². The highest BCUT2D eigenvalue weighted by Gasteiger charge is 2.16. The van der Waals surface area contributed by atoms with Crippen molar-refractivity contribution in [3.05, 3.63) is 53.5 Å². The van der Waals surface area contributed by atoms with E-state index in [0.29, 0.717) is 17.9 Å². The molecule has 1 aromatic heterocycles. The third kappa shape index (κ3) is 4.38. The molecule has 0 atom stereocenters. The number of hydrogen-bond acceptors (Lipinski definition) is 5. The van der Waals surface area contributed by atoms with Gasteiger partial charge in [-0.25, -0.2) is 4.79 Å². The SMILES string of the molecule is Cc1occc1C(=O)OCC(=O)N(C)Cc1ccc(N(C)C)cc1. The van der Waals surface area contributed by atoms with Crippen LogP contribution in [0.2, 0.25) is 0 Å². The Morgan fingerprint density at radius 1 is 1.08 bits per heavy atom. The molecule has 2 aromatic rings. The summed E-state index contributed by atoms with van der Waals surface area (Å²) in [6, 6.07) is 9.46. The maximum absolute atomic E-state index is 12.1. The average molecular weight is 330 g/mol. The van der Waals surface area contributed by atoms with Gasteiger partial charge in [0.05, 0.1) is 6.26 Å². The van der Waals surface area contributed by atoms with E-state index in [0.717, 1.165) is 11.3 Å². The van der Waals surface area contributed by atoms with E-state index in [2.05, 4.69) is 0 Å². The van der Waals surface area contributed by atoms with E-state index in [1.165, 1.54) is 17.2 Å². The van der Waals surface area contributed by atoms with Crippen LogP contribution in [0.15, 0.2) is 41.0 Å². The highest BCUT2D eigenvalue weighted by molar-refractivity contribution is 5.92. The van der Waals surface area contributed by atoms with E-state index in [1.54, 1.807) is 14.0 Å². The molecule has 0 N–H and O–H groups in total. The lowest BCUT2D eigenvalue weighted by molar-refractivity contribution is -0.133. The van der Waals surface area contributed by atoms with Crippen LogP contribution in [0.1, 0.15) is 21.7 Å². The van der Waals surface area contributed by atoms with E-state index in [4.69, 9.17) is 9.15 Å². The zero-order valence-electron chi connectivity index (χ0n) is 14.4. The van der Waals surface area contributed by atoms with Gasteiger partial charge in [-0.1, -0.05) is 12.1 Å². The monoisotopic (exact) mass is 330 g/mol. The minimum atomic E-state index is -0.557. The summed E-state index contributed by atoms with van der Waals surface area (Å²) < 4.78 is 10.1. The predicted molar refractivity (Wildman–Crippen MR) is 91.0 cm³/mol. The fraction of sp³-hybridized carbons (Fsp3) is 0.333. The molecular formula is C18H22N2O4. The summed E-state index contributed by atoms with van der Waals surface area (Å²) >= 11 is 0. The molecule has 0 saturated carbocycles. The van der Waals surface area contributed by atoms with Crippen molar-refractivity contribution in [3.8, 4) is 0 Å². The topological polar surface area (TPSA) is 63.0 Å². The van der Waals surface area contributed by atoms with Crippen molar-refractivity contribution in [2.45, 2.75) is 13.5 Å². The minimum Gasteiger partial charge on any atom is -0.469 e. The van der Waals surface area contributed by atoms with Crippen LogP contribution in [0, 0.1) is 6.92 Å². The summed E-state index contributed by atoms with van der Waals surface area (Å²) in [7, 11) is 5.63. The van der Waals surface area contributed by atoms with Gasteiger partial charge in [0.15, 0.2) is 6.61 Å². The largest absolute Gasteiger partial charge is 0.469 e. The standard InChI is InChI=1S/C18H22N2O4/c1-13-16(9-10-23-13)18(22)24-12-17(21)20(4)11-14-5-7-15(8-6-14)19(2)3/h5-10H,11-12H2,1-4H3. The molecule has 0 fully saturated rings. The second-order valence-electron chi connectivity index (χ2n) is 5.78. The van der Waals surface area contributed by atoms with Gasteiger partial charge in [-0.15, -0.1) is 0 Å². The number of amides is 1. The quantitative estimate of drug-likeness (QED) is 0.762. The molecule has 6 heteroatoms. The van der Waals surface area contributed by atoms with Crippen LogP contribution in [0.5, 0.6) is 0 Å². The summed E-state index contributed by atoms with van der Waals surface area (Å²) in [5, 5.41) is 0. The number of anilines is 1. The van der Waals surface area contributed by atoms with Gasteiger partial charge in [0.1, 0.15) is 11.3 Å². The number of carbonyl (C=O) groups excluding carboxylic acids is 2. The molecule has 1 heterocycles. The Bertz CT molecular complexity index is 704. The molecule has 128 valence electrons. The van der Waals surface area contributed by atoms with Gasteiger partial charge < -0.3 is 19.0 Å². The third-order valence-electron chi connectivity index (χ3n) is 3.70. The van der Waals surface area contributed by atoms with Gasteiger partial charge >= 0.3 is 5.97 Å². The fourth-order valence-electron chi connectivity index (χ4n) is 2.17. The van der Waals surface area contributed by atoms with Gasteiger partial charge in [-0.05, 0) is 30.7 Å². The Hall–Kier alpha value is -2.76. The minimum absolute atomic E-state index is 0.263. The number of likely N-dealkylation sites (N-methyl/N-ethyl adjacent to an activating group) is 1. The Balaban J connectivity index is 1.86. The summed E-state index contributed by atoms with van der Waals surface area (Å²) in [5.74, 6) is -0.346. The van der Waals surface area contributed by atoms with E-state index >= 15 is 0 Å². The van der Waals surface area contributed by atoms with Crippen LogP contribution >= 0.6 is 0 Å². The molecule has 0 radical (unpaired) electrons. The molecule has 6 nitrogen and oxygen atoms in total. The number of aryl methyl sites for hydroxylation is 1. The Kier molecular flexibility index (Phi) is 5.63. The first-order chi connectivity index (χ1) is 11.4. The zero-order valence-corrected chi connectivity index (χ0v) is 14.4. The number of hydrogen-bond donors (Lipinski definition) is 0. The molecule has 0 bridgehead atoms. The number of benzene rings is 1. The molecular weight excluding hydrogens is 308 g/mol. The molecule has 24 heavy (non-hydrogen) atoms. The molecule has 1 aromatic carbocycles. The van der Waals surface area contributed by atoms with Gasteiger partial charge in [-0.2, -0.15) is 0 Å². The molecule has 0 unspecified atom stereocenters. The van der Waals surface area contributed by atoms with E-state index < -0.39 is 5.97 Å². The number of rotatable bonds is 6. The third-order valence-corrected chi connectivity index (χ3v) is 3.70. The number of esters is 1. The van der Waals surface area contributed by atoms with Crippen LogP contribution in [-0.4, -0.2) is 44.5 Å². The lowest BCUT2D eigenvalue weighted by Crippen LogP contribution is -2.30. The highest BCUT2D eigenvalue weighted by Crippen LogP contribution is 2.14. The molecule has 0 aliphatic rings. The lowest BCUT2D eigenvalue weighted by Gasteiger charge is -2.18. The summed E-state index contributed by atoms with van der Waals surface area (Å²) in [4.78, 5) is 27.5. The highest BCUT2D eigenvalue weighted by atomic mass is 16.5. The van der Waals surface area contributed by atoms with Gasteiger partial charge in [0.2, 0.25) is 0 Å². The van der Waals surface area contributed by atoms with Crippen LogP contribution in [0.3, 0.4) is 0 Å². The van der Waals surface area contributed by atoms with Crippen molar-refractivity contribution in [3.63, 3.8) is 0 Å². The van der Waals surface area contributed by atoms with Crippen molar-refractivity contribution in [1.82, 2.24) is 4.90 Å². The van der Waals surface area contributed by atoms with Crippen molar-refractivity contribution in [1.29, 1.82) is 0 Å². The maximum atomic E-state index is 12.1. The van der Waals surface area contributed by atoms with Gasteiger partial charge in [0, 0.05) is 33.4 Å². The fourth-order valence-corrected chi connectivity index (χ4v) is 2.17. The number of furan rings is 1. The van der Waals surface area contributed by atoms with Crippen LogP contribution in [0.4, 0.5) is 5.69 Å². The normalized spacial score (nSPS) is 10.3. The smallest absolute Gasteiger partial charge is 0.342 e. The molecule has 0 spiro atoms. The molecule has 2 rings (SSSR count). The first kappa shape index (κ1) is 17.6. The Morgan fingerprint density at radius 3 is 2.29 bits per heavy atom. The zero-order chi connectivity index (χ0) is 17.7. The summed E-state index contributed by atoms with van der Waals surface area (Å²) in [5.41, 5.74) is 2.44. The molecule has 0 aliphatic carbocycles. The Labute approximate surface area is 141 Å². The lowest BCUT2D eigenvalue weighted by atomic mass is 10.2. The maximum Gasteiger partial charge on any atom is 0.342 e. The summed E-state index contributed by atoms with van der Waals surface area (Å²) in [6.45, 7) is 1.83.